The lowest BCUT2D eigenvalue weighted by Gasteiger charge is -2.13. The quantitative estimate of drug-likeness (QED) is 0.870. The third-order valence-corrected chi connectivity index (χ3v) is 2.16. The molecule has 1 heterocycles. The number of hydrogen-bond donors (Lipinski definition) is 2. The van der Waals surface area contributed by atoms with Gasteiger partial charge in [0.1, 0.15) is 5.82 Å². The van der Waals surface area contributed by atoms with Gasteiger partial charge in [0, 0.05) is 28.8 Å². The minimum atomic E-state index is 0.402. The maximum absolute atomic E-state index is 4.34. The van der Waals surface area contributed by atoms with Crippen LogP contribution in [0.5, 0.6) is 0 Å². The highest BCUT2D eigenvalue weighted by atomic mass is 79.9. The number of hydrogen-bond acceptors (Lipinski definition) is 3. The minimum Gasteiger partial charge on any atom is -0.368 e. The maximum atomic E-state index is 4.34. The SMILES string of the molecule is CNCc1cc(Br)cnc1NC(C)C. The molecule has 0 fully saturated rings. The van der Waals surface area contributed by atoms with Gasteiger partial charge in [0.25, 0.3) is 0 Å². The van der Waals surface area contributed by atoms with Crippen LogP contribution in [0.1, 0.15) is 19.4 Å². The number of pyridine rings is 1. The number of anilines is 1. The summed E-state index contributed by atoms with van der Waals surface area (Å²) in [6.45, 7) is 5.03. The second kappa shape index (κ2) is 5.32. The molecule has 14 heavy (non-hydrogen) atoms. The minimum absolute atomic E-state index is 0.402. The fraction of sp³-hybridized carbons (Fsp3) is 0.500. The van der Waals surface area contributed by atoms with Crippen molar-refractivity contribution in [2.24, 2.45) is 0 Å². The van der Waals surface area contributed by atoms with E-state index in [1.165, 1.54) is 5.56 Å². The smallest absolute Gasteiger partial charge is 0.130 e. The molecule has 0 aliphatic carbocycles. The lowest BCUT2D eigenvalue weighted by Crippen LogP contribution is -2.15. The maximum Gasteiger partial charge on any atom is 0.130 e. The second-order valence-corrected chi connectivity index (χ2v) is 4.41. The van der Waals surface area contributed by atoms with Crippen molar-refractivity contribution < 1.29 is 0 Å². The average Bonchev–Trinajstić information content (AvgIpc) is 2.09. The molecule has 1 aromatic rings. The lowest BCUT2D eigenvalue weighted by molar-refractivity contribution is 0.804. The zero-order valence-corrected chi connectivity index (χ0v) is 10.4. The molecular weight excluding hydrogens is 242 g/mol. The van der Waals surface area contributed by atoms with Crippen LogP contribution >= 0.6 is 15.9 Å². The van der Waals surface area contributed by atoms with Gasteiger partial charge < -0.3 is 10.6 Å². The highest BCUT2D eigenvalue weighted by Crippen LogP contribution is 2.18. The number of nitrogens with one attached hydrogen (secondary N) is 2. The highest BCUT2D eigenvalue weighted by Gasteiger charge is 2.04. The van der Waals surface area contributed by atoms with Crippen LogP contribution in [0.3, 0.4) is 0 Å². The Balaban J connectivity index is 2.89. The first-order valence-corrected chi connectivity index (χ1v) is 5.48. The molecule has 0 saturated carbocycles. The van der Waals surface area contributed by atoms with Gasteiger partial charge in [0.05, 0.1) is 0 Å². The largest absolute Gasteiger partial charge is 0.368 e. The molecule has 1 rings (SSSR count). The molecule has 0 aliphatic rings. The first kappa shape index (κ1) is 11.5. The van der Waals surface area contributed by atoms with Crippen molar-refractivity contribution in [2.75, 3.05) is 12.4 Å². The van der Waals surface area contributed by atoms with Crippen LogP contribution in [0.2, 0.25) is 0 Å². The fourth-order valence-corrected chi connectivity index (χ4v) is 1.59. The summed E-state index contributed by atoms with van der Waals surface area (Å²) in [5, 5.41) is 6.44. The van der Waals surface area contributed by atoms with Crippen LogP contribution in [-0.4, -0.2) is 18.1 Å². The van der Waals surface area contributed by atoms with E-state index in [1.807, 2.05) is 13.2 Å². The summed E-state index contributed by atoms with van der Waals surface area (Å²) >= 11 is 3.41. The van der Waals surface area contributed by atoms with E-state index >= 15 is 0 Å². The van der Waals surface area contributed by atoms with Crippen LogP contribution in [0, 0.1) is 0 Å². The van der Waals surface area contributed by atoms with E-state index in [9.17, 15) is 0 Å². The van der Waals surface area contributed by atoms with Gasteiger partial charge in [-0.3, -0.25) is 0 Å². The molecule has 78 valence electrons. The molecular formula is C10H16BrN3. The summed E-state index contributed by atoms with van der Waals surface area (Å²) in [4.78, 5) is 4.34. The summed E-state index contributed by atoms with van der Waals surface area (Å²) in [5.74, 6) is 0.956. The van der Waals surface area contributed by atoms with Gasteiger partial charge in [-0.1, -0.05) is 0 Å². The van der Waals surface area contributed by atoms with Crippen LogP contribution in [0.15, 0.2) is 16.7 Å². The number of aromatic nitrogens is 1. The molecule has 0 radical (unpaired) electrons. The third-order valence-electron chi connectivity index (χ3n) is 1.73. The highest BCUT2D eigenvalue weighted by molar-refractivity contribution is 9.10. The van der Waals surface area contributed by atoms with E-state index in [-0.39, 0.29) is 0 Å². The lowest BCUT2D eigenvalue weighted by atomic mass is 10.2. The molecule has 0 aromatic carbocycles. The second-order valence-electron chi connectivity index (χ2n) is 3.49. The van der Waals surface area contributed by atoms with Gasteiger partial charge in [-0.15, -0.1) is 0 Å². The van der Waals surface area contributed by atoms with Crippen molar-refractivity contribution in [2.45, 2.75) is 26.4 Å². The summed E-state index contributed by atoms with van der Waals surface area (Å²) in [6, 6.07) is 2.48. The Morgan fingerprint density at radius 2 is 2.21 bits per heavy atom. The number of nitrogens with zero attached hydrogens (tertiary/aromatic N) is 1. The first-order chi connectivity index (χ1) is 6.63. The van der Waals surface area contributed by atoms with Gasteiger partial charge in [0.15, 0.2) is 0 Å². The van der Waals surface area contributed by atoms with Crippen molar-refractivity contribution in [3.8, 4) is 0 Å². The topological polar surface area (TPSA) is 37.0 Å². The average molecular weight is 258 g/mol. The van der Waals surface area contributed by atoms with Gasteiger partial charge in [-0.2, -0.15) is 0 Å². The van der Waals surface area contributed by atoms with E-state index in [0.29, 0.717) is 6.04 Å². The molecule has 0 aliphatic heterocycles. The summed E-state index contributed by atoms with van der Waals surface area (Å²) < 4.78 is 1.01. The molecule has 0 bridgehead atoms. The van der Waals surface area contributed by atoms with Crippen molar-refractivity contribution in [3.63, 3.8) is 0 Å². The standard InChI is InChI=1S/C10H16BrN3/c1-7(2)14-10-8(5-12-3)4-9(11)6-13-10/h4,6-7,12H,5H2,1-3H3,(H,13,14). The third kappa shape index (κ3) is 3.27. The first-order valence-electron chi connectivity index (χ1n) is 4.69. The van der Waals surface area contributed by atoms with Crippen molar-refractivity contribution in [1.29, 1.82) is 0 Å². The van der Waals surface area contributed by atoms with Crippen LogP contribution in [0.4, 0.5) is 5.82 Å². The van der Waals surface area contributed by atoms with Crippen molar-refractivity contribution in [3.05, 3.63) is 22.3 Å². The predicted molar refractivity (Wildman–Crippen MR) is 63.5 cm³/mol. The molecule has 4 heteroatoms. The van der Waals surface area contributed by atoms with Crippen molar-refractivity contribution in [1.82, 2.24) is 10.3 Å². The Morgan fingerprint density at radius 3 is 2.79 bits per heavy atom. The summed E-state index contributed by atoms with van der Waals surface area (Å²) in [5.41, 5.74) is 1.18. The molecule has 0 saturated heterocycles. The normalized spacial score (nSPS) is 10.6. The molecule has 3 nitrogen and oxygen atoms in total. The van der Waals surface area contributed by atoms with Gasteiger partial charge in [0.2, 0.25) is 0 Å². The Labute approximate surface area is 93.4 Å². The van der Waals surface area contributed by atoms with E-state index in [4.69, 9.17) is 0 Å². The Hall–Kier alpha value is -0.610. The van der Waals surface area contributed by atoms with E-state index in [0.717, 1.165) is 16.8 Å². The van der Waals surface area contributed by atoms with E-state index in [2.05, 4.69) is 51.5 Å². The predicted octanol–water partition coefficient (Wildman–Crippen LogP) is 2.38. The molecule has 0 amide bonds. The summed E-state index contributed by atoms with van der Waals surface area (Å²) in [6.07, 6.45) is 1.81. The zero-order valence-electron chi connectivity index (χ0n) is 8.76. The molecule has 0 spiro atoms. The van der Waals surface area contributed by atoms with Gasteiger partial charge in [-0.05, 0) is 42.9 Å². The van der Waals surface area contributed by atoms with Gasteiger partial charge in [-0.25, -0.2) is 4.98 Å². The van der Waals surface area contributed by atoms with Crippen molar-refractivity contribution >= 4 is 21.7 Å². The summed E-state index contributed by atoms with van der Waals surface area (Å²) in [7, 11) is 1.93. The molecule has 1 aromatic heterocycles. The monoisotopic (exact) mass is 257 g/mol. The molecule has 2 N–H and O–H groups in total. The van der Waals surface area contributed by atoms with Crippen LogP contribution < -0.4 is 10.6 Å². The fourth-order valence-electron chi connectivity index (χ4n) is 1.21. The number of rotatable bonds is 4. The molecule has 0 atom stereocenters. The van der Waals surface area contributed by atoms with E-state index in [1.54, 1.807) is 0 Å². The Kier molecular flexibility index (Phi) is 4.35. The molecule has 0 unspecified atom stereocenters. The Morgan fingerprint density at radius 1 is 1.50 bits per heavy atom. The van der Waals surface area contributed by atoms with Gasteiger partial charge >= 0.3 is 0 Å². The number of halogens is 1. The zero-order chi connectivity index (χ0) is 10.6. The van der Waals surface area contributed by atoms with E-state index < -0.39 is 0 Å². The van der Waals surface area contributed by atoms with Crippen LogP contribution in [-0.2, 0) is 6.54 Å². The Bertz CT molecular complexity index is 299. The van der Waals surface area contributed by atoms with Crippen LogP contribution in [0.25, 0.3) is 0 Å².